The number of anilines is 3. The highest BCUT2D eigenvalue weighted by molar-refractivity contribution is 5.94. The normalized spacial score (nSPS) is 23.8. The number of nitrogens with one attached hydrogen (secondary N) is 1. The van der Waals surface area contributed by atoms with Crippen molar-refractivity contribution in [3.63, 3.8) is 0 Å². The van der Waals surface area contributed by atoms with Crippen LogP contribution in [0.5, 0.6) is 0 Å². The summed E-state index contributed by atoms with van der Waals surface area (Å²) in [6.45, 7) is 12.5. The molecule has 7 nitrogen and oxygen atoms in total. The Bertz CT molecular complexity index is 1110. The van der Waals surface area contributed by atoms with Gasteiger partial charge in [-0.2, -0.15) is 0 Å². The third kappa shape index (κ3) is 5.71. The molecule has 4 rings (SSSR count). The maximum absolute atomic E-state index is 12.9. The Labute approximate surface area is 221 Å². The molecular formula is C30H42N4O3. The Hall–Kier alpha value is -3.22. The zero-order valence-electron chi connectivity index (χ0n) is 23.3. The summed E-state index contributed by atoms with van der Waals surface area (Å²) in [6, 6.07) is 16.7. The third-order valence-electron chi connectivity index (χ3n) is 7.67. The topological polar surface area (TPSA) is 65.1 Å². The van der Waals surface area contributed by atoms with Crippen LogP contribution in [0.1, 0.15) is 72.4 Å². The average molecular weight is 507 g/mol. The molecule has 0 aromatic heterocycles. The third-order valence-corrected chi connectivity index (χ3v) is 7.67. The summed E-state index contributed by atoms with van der Waals surface area (Å²) in [6.07, 6.45) is 2.60. The van der Waals surface area contributed by atoms with Gasteiger partial charge in [0.2, 0.25) is 5.91 Å². The predicted octanol–water partition coefficient (Wildman–Crippen LogP) is 6.41. The van der Waals surface area contributed by atoms with Gasteiger partial charge >= 0.3 is 6.09 Å². The number of benzene rings is 2. The summed E-state index contributed by atoms with van der Waals surface area (Å²) >= 11 is 0. The van der Waals surface area contributed by atoms with Gasteiger partial charge in [-0.05, 0) is 77.3 Å². The Kier molecular flexibility index (Phi) is 7.72. The summed E-state index contributed by atoms with van der Waals surface area (Å²) < 4.78 is 5.68. The van der Waals surface area contributed by atoms with Crippen molar-refractivity contribution in [2.75, 3.05) is 28.7 Å². The number of ether oxygens (including phenoxy) is 1. The predicted molar refractivity (Wildman–Crippen MR) is 150 cm³/mol. The van der Waals surface area contributed by atoms with Gasteiger partial charge in [-0.1, -0.05) is 25.1 Å². The SMILES string of the molecule is CC(=O)N1c2ccc(N3CCCCC3N(C)C(=O)OC(C)(C)C)cc2[C@H](Nc2ccccc2)C(C)[C@@H]1C. The number of nitrogens with zero attached hydrogens (tertiary/aromatic N) is 3. The van der Waals surface area contributed by atoms with E-state index < -0.39 is 5.60 Å². The van der Waals surface area contributed by atoms with Crippen LogP contribution in [0.15, 0.2) is 48.5 Å². The van der Waals surface area contributed by atoms with Crippen LogP contribution in [-0.4, -0.2) is 48.3 Å². The van der Waals surface area contributed by atoms with E-state index in [1.54, 1.807) is 11.8 Å². The smallest absolute Gasteiger partial charge is 0.411 e. The fourth-order valence-electron chi connectivity index (χ4n) is 5.66. The van der Waals surface area contributed by atoms with Gasteiger partial charge in [0.15, 0.2) is 0 Å². The van der Waals surface area contributed by atoms with Gasteiger partial charge in [-0.15, -0.1) is 0 Å². The molecule has 1 N–H and O–H groups in total. The molecule has 2 unspecified atom stereocenters. The van der Waals surface area contributed by atoms with E-state index in [9.17, 15) is 9.59 Å². The molecule has 2 aromatic carbocycles. The lowest BCUT2D eigenvalue weighted by Gasteiger charge is -2.46. The molecule has 0 bridgehead atoms. The molecular weight excluding hydrogens is 464 g/mol. The van der Waals surface area contributed by atoms with Gasteiger partial charge in [-0.3, -0.25) is 9.69 Å². The summed E-state index contributed by atoms with van der Waals surface area (Å²) in [5.74, 6) is 0.237. The molecule has 200 valence electrons. The highest BCUT2D eigenvalue weighted by atomic mass is 16.6. The largest absolute Gasteiger partial charge is 0.444 e. The van der Waals surface area contributed by atoms with Gasteiger partial charge in [0.1, 0.15) is 11.8 Å². The first-order chi connectivity index (χ1) is 17.5. The second-order valence-corrected chi connectivity index (χ2v) is 11.5. The Balaban J connectivity index is 1.72. The maximum atomic E-state index is 12.9. The molecule has 0 saturated carbocycles. The average Bonchev–Trinajstić information content (AvgIpc) is 2.85. The zero-order valence-corrected chi connectivity index (χ0v) is 23.3. The molecule has 7 heteroatoms. The van der Waals surface area contributed by atoms with E-state index >= 15 is 0 Å². The first-order valence-corrected chi connectivity index (χ1v) is 13.5. The van der Waals surface area contributed by atoms with Crippen LogP contribution >= 0.6 is 0 Å². The van der Waals surface area contributed by atoms with Crippen molar-refractivity contribution < 1.29 is 14.3 Å². The molecule has 0 spiro atoms. The molecule has 0 radical (unpaired) electrons. The number of hydrogen-bond acceptors (Lipinski definition) is 5. The van der Waals surface area contributed by atoms with E-state index in [-0.39, 0.29) is 36.2 Å². The molecule has 37 heavy (non-hydrogen) atoms. The minimum atomic E-state index is -0.546. The van der Waals surface area contributed by atoms with Crippen LogP contribution in [0.25, 0.3) is 0 Å². The Morgan fingerprint density at radius 1 is 1.05 bits per heavy atom. The van der Waals surface area contributed by atoms with Gasteiger partial charge in [0, 0.05) is 55.1 Å². The molecule has 1 fully saturated rings. The molecule has 2 heterocycles. The van der Waals surface area contributed by atoms with E-state index in [1.165, 1.54) is 0 Å². The highest BCUT2D eigenvalue weighted by Gasteiger charge is 2.39. The molecule has 4 atom stereocenters. The van der Waals surface area contributed by atoms with Crippen molar-refractivity contribution in [1.82, 2.24) is 4.90 Å². The van der Waals surface area contributed by atoms with E-state index in [2.05, 4.69) is 54.4 Å². The molecule has 0 aliphatic carbocycles. The number of amides is 2. The lowest BCUT2D eigenvalue weighted by Crippen LogP contribution is -2.53. The number of piperidine rings is 1. The molecule has 2 aliphatic heterocycles. The first kappa shape index (κ1) is 26.8. The summed E-state index contributed by atoms with van der Waals surface area (Å²) in [5, 5.41) is 3.74. The van der Waals surface area contributed by atoms with Crippen LogP contribution in [0.2, 0.25) is 0 Å². The lowest BCUT2D eigenvalue weighted by molar-refractivity contribution is -0.117. The van der Waals surface area contributed by atoms with Crippen molar-refractivity contribution in [3.8, 4) is 0 Å². The highest BCUT2D eigenvalue weighted by Crippen LogP contribution is 2.44. The van der Waals surface area contributed by atoms with Gasteiger partial charge in [-0.25, -0.2) is 4.79 Å². The van der Waals surface area contributed by atoms with Crippen molar-refractivity contribution in [2.45, 2.75) is 84.7 Å². The Morgan fingerprint density at radius 2 is 1.76 bits per heavy atom. The number of rotatable bonds is 4. The van der Waals surface area contributed by atoms with Gasteiger partial charge < -0.3 is 19.9 Å². The second-order valence-electron chi connectivity index (χ2n) is 11.5. The molecule has 2 aliphatic rings. The zero-order chi connectivity index (χ0) is 26.9. The summed E-state index contributed by atoms with van der Waals surface area (Å²) in [5.41, 5.74) is 3.62. The fraction of sp³-hybridized carbons (Fsp3) is 0.533. The van der Waals surface area contributed by atoms with E-state index in [4.69, 9.17) is 4.74 Å². The Morgan fingerprint density at radius 3 is 2.41 bits per heavy atom. The number of carbonyl (C=O) groups is 2. The summed E-state index contributed by atoms with van der Waals surface area (Å²) in [7, 11) is 1.83. The number of fused-ring (bicyclic) bond motifs is 1. The van der Waals surface area contributed by atoms with Crippen LogP contribution in [0.3, 0.4) is 0 Å². The van der Waals surface area contributed by atoms with E-state index in [0.29, 0.717) is 0 Å². The van der Waals surface area contributed by atoms with Crippen molar-refractivity contribution >= 4 is 29.1 Å². The van der Waals surface area contributed by atoms with Crippen molar-refractivity contribution in [3.05, 3.63) is 54.1 Å². The minimum absolute atomic E-state index is 0.0368. The van der Waals surface area contributed by atoms with Crippen LogP contribution < -0.4 is 15.1 Å². The van der Waals surface area contributed by atoms with E-state index in [1.807, 2.05) is 50.9 Å². The van der Waals surface area contributed by atoms with Crippen molar-refractivity contribution in [1.29, 1.82) is 0 Å². The second kappa shape index (κ2) is 10.6. The number of carbonyl (C=O) groups excluding carboxylic acids is 2. The minimum Gasteiger partial charge on any atom is -0.444 e. The molecule has 1 saturated heterocycles. The number of para-hydroxylation sites is 1. The lowest BCUT2D eigenvalue weighted by atomic mass is 9.82. The molecule has 2 aromatic rings. The first-order valence-electron chi connectivity index (χ1n) is 13.5. The quantitative estimate of drug-likeness (QED) is 0.519. The molecule has 2 amide bonds. The van der Waals surface area contributed by atoms with Crippen LogP contribution in [0.4, 0.5) is 21.9 Å². The van der Waals surface area contributed by atoms with Gasteiger partial charge in [0.25, 0.3) is 0 Å². The standard InChI is InChI=1S/C30H42N4O3/c1-20-21(2)34(22(3)35)26-17-16-24(19-25(26)28(20)31-23-13-9-8-10-14-23)33-18-12-11-15-27(33)32(7)29(36)37-30(4,5)6/h8-10,13-14,16-17,19-21,27-28,31H,11-12,15,18H2,1-7H3/t20?,21-,27?,28+/m0/s1. The summed E-state index contributed by atoms with van der Waals surface area (Å²) in [4.78, 5) is 31.6. The van der Waals surface area contributed by atoms with Crippen LogP contribution in [0, 0.1) is 5.92 Å². The monoisotopic (exact) mass is 506 g/mol. The maximum Gasteiger partial charge on any atom is 0.411 e. The van der Waals surface area contributed by atoms with E-state index in [0.717, 1.165) is 48.4 Å². The van der Waals surface area contributed by atoms with Gasteiger partial charge in [0.05, 0.1) is 6.04 Å². The number of hydrogen-bond donors (Lipinski definition) is 1. The van der Waals surface area contributed by atoms with Crippen molar-refractivity contribution in [2.24, 2.45) is 5.92 Å². The fourth-order valence-corrected chi connectivity index (χ4v) is 5.66. The van der Waals surface area contributed by atoms with Crippen LogP contribution in [-0.2, 0) is 9.53 Å².